The van der Waals surface area contributed by atoms with Crippen LogP contribution in [0.5, 0.6) is 0 Å². The fourth-order valence-corrected chi connectivity index (χ4v) is 3.10. The highest BCUT2D eigenvalue weighted by atomic mass is 14.9. The Morgan fingerprint density at radius 2 is 1.79 bits per heavy atom. The average molecular weight is 259 g/mol. The Balaban J connectivity index is 2.11. The molecule has 1 aliphatic carbocycles. The molecule has 0 spiro atoms. The zero-order chi connectivity index (χ0) is 13.7. The van der Waals surface area contributed by atoms with E-state index in [0.29, 0.717) is 6.04 Å². The lowest BCUT2D eigenvalue weighted by Gasteiger charge is -2.23. The SMILES string of the molecule is CCNC(CCC(C)C)c1ccc2c(c1)CCCC2. The lowest BCUT2D eigenvalue weighted by atomic mass is 9.88. The Hall–Kier alpha value is -0.820. The van der Waals surface area contributed by atoms with Crippen LogP contribution >= 0.6 is 0 Å². The summed E-state index contributed by atoms with van der Waals surface area (Å²) in [5, 5.41) is 3.66. The number of hydrogen-bond acceptors (Lipinski definition) is 1. The van der Waals surface area contributed by atoms with Gasteiger partial charge in [0.15, 0.2) is 0 Å². The monoisotopic (exact) mass is 259 g/mol. The van der Waals surface area contributed by atoms with Crippen molar-refractivity contribution in [2.45, 2.75) is 65.3 Å². The van der Waals surface area contributed by atoms with Crippen LogP contribution in [0.2, 0.25) is 0 Å². The van der Waals surface area contributed by atoms with Gasteiger partial charge in [-0.1, -0.05) is 39.0 Å². The number of hydrogen-bond donors (Lipinski definition) is 1. The van der Waals surface area contributed by atoms with E-state index in [1.807, 2.05) is 0 Å². The molecule has 0 heterocycles. The topological polar surface area (TPSA) is 12.0 Å². The largest absolute Gasteiger partial charge is 0.310 e. The van der Waals surface area contributed by atoms with E-state index in [1.54, 1.807) is 11.1 Å². The van der Waals surface area contributed by atoms with Crippen molar-refractivity contribution in [1.29, 1.82) is 0 Å². The van der Waals surface area contributed by atoms with E-state index in [1.165, 1.54) is 44.1 Å². The first-order valence-electron chi connectivity index (χ1n) is 8.05. The smallest absolute Gasteiger partial charge is 0.0320 e. The molecule has 0 radical (unpaired) electrons. The normalized spacial score (nSPS) is 16.4. The molecular formula is C18H29N. The van der Waals surface area contributed by atoms with Gasteiger partial charge in [-0.3, -0.25) is 0 Å². The molecule has 0 fully saturated rings. The summed E-state index contributed by atoms with van der Waals surface area (Å²) in [6.45, 7) is 7.90. The van der Waals surface area contributed by atoms with Crippen LogP contribution in [0.15, 0.2) is 18.2 Å². The molecule has 0 saturated carbocycles. The van der Waals surface area contributed by atoms with E-state index < -0.39 is 0 Å². The van der Waals surface area contributed by atoms with Gasteiger partial charge in [-0.15, -0.1) is 0 Å². The van der Waals surface area contributed by atoms with Crippen LogP contribution in [0.4, 0.5) is 0 Å². The first kappa shape index (κ1) is 14.6. The summed E-state index contributed by atoms with van der Waals surface area (Å²) >= 11 is 0. The Kier molecular flexibility index (Phi) is 5.45. The number of nitrogens with one attached hydrogen (secondary N) is 1. The van der Waals surface area contributed by atoms with Crippen LogP contribution in [0.3, 0.4) is 0 Å². The maximum atomic E-state index is 3.66. The van der Waals surface area contributed by atoms with Crippen LogP contribution < -0.4 is 5.32 Å². The summed E-state index contributed by atoms with van der Waals surface area (Å²) in [5.74, 6) is 0.791. The highest BCUT2D eigenvalue weighted by molar-refractivity contribution is 5.35. The van der Waals surface area contributed by atoms with Crippen molar-refractivity contribution in [2.75, 3.05) is 6.54 Å². The standard InChI is InChI=1S/C18H29N/c1-4-19-18(12-9-14(2)3)17-11-10-15-7-5-6-8-16(15)13-17/h10-11,13-14,18-19H,4-9,12H2,1-3H3. The first-order chi connectivity index (χ1) is 9.20. The number of rotatable bonds is 6. The van der Waals surface area contributed by atoms with Gasteiger partial charge >= 0.3 is 0 Å². The van der Waals surface area contributed by atoms with E-state index in [9.17, 15) is 0 Å². The molecule has 1 N–H and O–H groups in total. The molecule has 19 heavy (non-hydrogen) atoms. The zero-order valence-electron chi connectivity index (χ0n) is 12.8. The van der Waals surface area contributed by atoms with Crippen LogP contribution in [0, 0.1) is 5.92 Å². The maximum absolute atomic E-state index is 3.66. The van der Waals surface area contributed by atoms with E-state index >= 15 is 0 Å². The number of fused-ring (bicyclic) bond motifs is 1. The average Bonchev–Trinajstić information content (AvgIpc) is 2.42. The predicted octanol–water partition coefficient (Wildman–Crippen LogP) is 4.65. The fraction of sp³-hybridized carbons (Fsp3) is 0.667. The molecule has 2 rings (SSSR count). The summed E-state index contributed by atoms with van der Waals surface area (Å²) in [7, 11) is 0. The molecule has 0 aliphatic heterocycles. The molecule has 1 aromatic carbocycles. The van der Waals surface area contributed by atoms with Crippen molar-refractivity contribution >= 4 is 0 Å². The van der Waals surface area contributed by atoms with E-state index in [2.05, 4.69) is 44.3 Å². The summed E-state index contributed by atoms with van der Waals surface area (Å²) in [5.41, 5.74) is 4.70. The van der Waals surface area contributed by atoms with Gasteiger partial charge in [-0.25, -0.2) is 0 Å². The Morgan fingerprint density at radius 3 is 2.47 bits per heavy atom. The Labute approximate surface area is 118 Å². The molecular weight excluding hydrogens is 230 g/mol. The lowest BCUT2D eigenvalue weighted by molar-refractivity contribution is 0.448. The van der Waals surface area contributed by atoms with Gasteiger partial charge in [0, 0.05) is 6.04 Å². The minimum atomic E-state index is 0.541. The predicted molar refractivity (Wildman–Crippen MR) is 83.6 cm³/mol. The molecule has 1 aromatic rings. The van der Waals surface area contributed by atoms with E-state index in [4.69, 9.17) is 0 Å². The van der Waals surface area contributed by atoms with Gasteiger partial charge in [0.2, 0.25) is 0 Å². The van der Waals surface area contributed by atoms with Crippen molar-refractivity contribution in [3.05, 3.63) is 34.9 Å². The van der Waals surface area contributed by atoms with Crippen LogP contribution in [-0.4, -0.2) is 6.54 Å². The first-order valence-corrected chi connectivity index (χ1v) is 8.05. The number of benzene rings is 1. The lowest BCUT2D eigenvalue weighted by Crippen LogP contribution is -2.22. The number of aryl methyl sites for hydroxylation is 2. The minimum absolute atomic E-state index is 0.541. The molecule has 0 saturated heterocycles. The van der Waals surface area contributed by atoms with Gasteiger partial charge in [0.05, 0.1) is 0 Å². The summed E-state index contributed by atoms with van der Waals surface area (Å²) < 4.78 is 0. The fourth-order valence-electron chi connectivity index (χ4n) is 3.10. The molecule has 1 aliphatic rings. The van der Waals surface area contributed by atoms with Crippen LogP contribution in [-0.2, 0) is 12.8 Å². The van der Waals surface area contributed by atoms with Crippen LogP contribution in [0.1, 0.15) is 69.2 Å². The second-order valence-electron chi connectivity index (χ2n) is 6.32. The van der Waals surface area contributed by atoms with Crippen molar-refractivity contribution in [2.24, 2.45) is 5.92 Å². The summed E-state index contributed by atoms with van der Waals surface area (Å²) in [6, 6.07) is 7.75. The highest BCUT2D eigenvalue weighted by Crippen LogP contribution is 2.27. The van der Waals surface area contributed by atoms with Gasteiger partial charge in [0.1, 0.15) is 0 Å². The third-order valence-electron chi connectivity index (χ3n) is 4.26. The van der Waals surface area contributed by atoms with Gasteiger partial charge in [-0.2, -0.15) is 0 Å². The molecule has 1 heteroatoms. The Morgan fingerprint density at radius 1 is 1.05 bits per heavy atom. The van der Waals surface area contributed by atoms with Crippen molar-refractivity contribution < 1.29 is 0 Å². The third-order valence-corrected chi connectivity index (χ3v) is 4.26. The van der Waals surface area contributed by atoms with Gasteiger partial charge in [-0.05, 0) is 67.7 Å². The second kappa shape index (κ2) is 7.09. The molecule has 106 valence electrons. The molecule has 1 unspecified atom stereocenters. The zero-order valence-corrected chi connectivity index (χ0v) is 12.8. The van der Waals surface area contributed by atoms with E-state index in [0.717, 1.165) is 12.5 Å². The van der Waals surface area contributed by atoms with Crippen molar-refractivity contribution in [3.8, 4) is 0 Å². The molecule has 0 bridgehead atoms. The summed E-state index contributed by atoms with van der Waals surface area (Å²) in [6.07, 6.45) is 7.86. The van der Waals surface area contributed by atoms with Crippen molar-refractivity contribution in [3.63, 3.8) is 0 Å². The molecule has 0 amide bonds. The second-order valence-corrected chi connectivity index (χ2v) is 6.32. The molecule has 0 aromatic heterocycles. The van der Waals surface area contributed by atoms with Crippen molar-refractivity contribution in [1.82, 2.24) is 5.32 Å². The molecule has 1 nitrogen and oxygen atoms in total. The quantitative estimate of drug-likeness (QED) is 0.784. The minimum Gasteiger partial charge on any atom is -0.310 e. The third kappa shape index (κ3) is 4.07. The maximum Gasteiger partial charge on any atom is 0.0320 e. The van der Waals surface area contributed by atoms with Gasteiger partial charge in [0.25, 0.3) is 0 Å². The highest BCUT2D eigenvalue weighted by Gasteiger charge is 2.15. The van der Waals surface area contributed by atoms with Gasteiger partial charge < -0.3 is 5.32 Å². The molecule has 1 atom stereocenters. The van der Waals surface area contributed by atoms with Crippen LogP contribution in [0.25, 0.3) is 0 Å². The summed E-state index contributed by atoms with van der Waals surface area (Å²) in [4.78, 5) is 0. The van der Waals surface area contributed by atoms with E-state index in [-0.39, 0.29) is 0 Å². The Bertz CT molecular complexity index is 395.